The molecule has 3 aromatic carbocycles. The fourth-order valence-corrected chi connectivity index (χ4v) is 2.56. The number of carbonyl (C=O) groups is 2. The van der Waals surface area contributed by atoms with Crippen LogP contribution in [-0.4, -0.2) is 23.4 Å². The van der Waals surface area contributed by atoms with E-state index in [2.05, 4.69) is 5.32 Å². The van der Waals surface area contributed by atoms with Gasteiger partial charge in [0.15, 0.2) is 6.61 Å². The largest absolute Gasteiger partial charge is 0.452 e. The molecule has 0 fully saturated rings. The van der Waals surface area contributed by atoms with Crippen LogP contribution in [0.2, 0.25) is 0 Å². The predicted molar refractivity (Wildman–Crippen MR) is 101 cm³/mol. The van der Waals surface area contributed by atoms with Crippen LogP contribution in [0.3, 0.4) is 0 Å². The number of rotatable bonds is 5. The van der Waals surface area contributed by atoms with Crippen molar-refractivity contribution >= 4 is 34.0 Å². The SMILES string of the molecule is N#Cc1cc([N+](=O)[O-])ccc1NC(=O)COC(=O)c1ccc2ccccc2c1. The molecule has 0 radical (unpaired) electrons. The van der Waals surface area contributed by atoms with Gasteiger partial charge in [-0.1, -0.05) is 30.3 Å². The van der Waals surface area contributed by atoms with Gasteiger partial charge in [0.05, 0.1) is 21.7 Å². The van der Waals surface area contributed by atoms with Gasteiger partial charge in [-0.05, 0) is 29.0 Å². The number of esters is 1. The predicted octanol–water partition coefficient (Wildman–Crippen LogP) is 3.42. The van der Waals surface area contributed by atoms with Crippen LogP contribution >= 0.6 is 0 Å². The average molecular weight is 375 g/mol. The molecule has 0 aliphatic rings. The highest BCUT2D eigenvalue weighted by atomic mass is 16.6. The summed E-state index contributed by atoms with van der Waals surface area (Å²) in [6.07, 6.45) is 0. The van der Waals surface area contributed by atoms with Crippen LogP contribution in [0.1, 0.15) is 15.9 Å². The van der Waals surface area contributed by atoms with Crippen LogP contribution in [0.4, 0.5) is 11.4 Å². The number of amides is 1. The van der Waals surface area contributed by atoms with Gasteiger partial charge in [0.25, 0.3) is 11.6 Å². The van der Waals surface area contributed by atoms with Crippen molar-refractivity contribution in [1.82, 2.24) is 0 Å². The Hall–Kier alpha value is -4.25. The van der Waals surface area contributed by atoms with Gasteiger partial charge in [0.2, 0.25) is 0 Å². The first-order valence-corrected chi connectivity index (χ1v) is 8.12. The highest BCUT2D eigenvalue weighted by Gasteiger charge is 2.15. The number of fused-ring (bicyclic) bond motifs is 1. The van der Waals surface area contributed by atoms with Gasteiger partial charge >= 0.3 is 5.97 Å². The van der Waals surface area contributed by atoms with Gasteiger partial charge in [-0.3, -0.25) is 14.9 Å². The topological polar surface area (TPSA) is 122 Å². The minimum Gasteiger partial charge on any atom is -0.452 e. The van der Waals surface area contributed by atoms with Crippen LogP contribution in [0.15, 0.2) is 60.7 Å². The molecule has 3 aromatic rings. The maximum absolute atomic E-state index is 12.2. The highest BCUT2D eigenvalue weighted by molar-refractivity contribution is 5.98. The summed E-state index contributed by atoms with van der Waals surface area (Å²) in [5.74, 6) is -1.33. The molecule has 0 heterocycles. The van der Waals surface area contributed by atoms with E-state index in [1.165, 1.54) is 6.07 Å². The van der Waals surface area contributed by atoms with E-state index in [4.69, 9.17) is 10.00 Å². The molecular weight excluding hydrogens is 362 g/mol. The van der Waals surface area contributed by atoms with Crippen LogP contribution in [-0.2, 0) is 9.53 Å². The van der Waals surface area contributed by atoms with Crippen molar-refractivity contribution in [3.63, 3.8) is 0 Å². The van der Waals surface area contributed by atoms with Crippen LogP contribution in [0.25, 0.3) is 10.8 Å². The quantitative estimate of drug-likeness (QED) is 0.414. The number of benzene rings is 3. The summed E-state index contributed by atoms with van der Waals surface area (Å²) in [7, 11) is 0. The number of nitro benzene ring substituents is 1. The van der Waals surface area contributed by atoms with Crippen molar-refractivity contribution < 1.29 is 19.2 Å². The molecule has 138 valence electrons. The summed E-state index contributed by atoms with van der Waals surface area (Å²) in [4.78, 5) is 34.3. The van der Waals surface area contributed by atoms with Crippen LogP contribution in [0.5, 0.6) is 0 Å². The van der Waals surface area contributed by atoms with E-state index >= 15 is 0 Å². The van der Waals surface area contributed by atoms with Gasteiger partial charge in [0.1, 0.15) is 6.07 Å². The lowest BCUT2D eigenvalue weighted by atomic mass is 10.1. The zero-order valence-corrected chi connectivity index (χ0v) is 14.4. The maximum atomic E-state index is 12.2. The standard InChI is InChI=1S/C20H13N3O5/c21-11-16-10-17(23(26)27)7-8-18(16)22-19(24)12-28-20(25)15-6-5-13-3-1-2-4-14(13)9-15/h1-10H,12H2,(H,22,24). The average Bonchev–Trinajstić information content (AvgIpc) is 2.71. The number of nitriles is 1. The van der Waals surface area contributed by atoms with Crippen LogP contribution < -0.4 is 5.32 Å². The minimum absolute atomic E-state index is 0.0663. The molecule has 0 bridgehead atoms. The Morgan fingerprint density at radius 3 is 2.54 bits per heavy atom. The van der Waals surface area contributed by atoms with Crippen molar-refractivity contribution in [1.29, 1.82) is 5.26 Å². The number of nitrogens with one attached hydrogen (secondary N) is 1. The smallest absolute Gasteiger partial charge is 0.338 e. The fourth-order valence-electron chi connectivity index (χ4n) is 2.56. The molecule has 0 aliphatic heterocycles. The molecule has 1 amide bonds. The van der Waals surface area contributed by atoms with Crippen molar-refractivity contribution in [3.05, 3.63) is 81.9 Å². The summed E-state index contributed by atoms with van der Waals surface area (Å²) in [5.41, 5.74) is 0.0695. The first-order valence-electron chi connectivity index (χ1n) is 8.12. The number of hydrogen-bond donors (Lipinski definition) is 1. The zero-order valence-electron chi connectivity index (χ0n) is 14.4. The maximum Gasteiger partial charge on any atom is 0.338 e. The molecule has 0 saturated carbocycles. The summed E-state index contributed by atoms with van der Waals surface area (Å²) in [6, 6.07) is 17.8. The van der Waals surface area contributed by atoms with Crippen LogP contribution in [0, 0.1) is 21.4 Å². The fraction of sp³-hybridized carbons (Fsp3) is 0.0500. The number of non-ortho nitro benzene ring substituents is 1. The van der Waals surface area contributed by atoms with Crippen molar-refractivity contribution in [3.8, 4) is 6.07 Å². The van der Waals surface area contributed by atoms with E-state index in [-0.39, 0.29) is 16.9 Å². The Bertz CT molecular complexity index is 1130. The Kier molecular flexibility index (Phi) is 5.28. The molecule has 0 unspecified atom stereocenters. The molecule has 1 N–H and O–H groups in total. The van der Waals surface area contributed by atoms with E-state index in [1.807, 2.05) is 24.3 Å². The number of nitrogens with zero attached hydrogens (tertiary/aromatic N) is 2. The summed E-state index contributed by atoms with van der Waals surface area (Å²) in [6.45, 7) is -0.562. The number of ether oxygens (including phenoxy) is 1. The van der Waals surface area contributed by atoms with E-state index < -0.39 is 23.4 Å². The Labute approximate surface area is 159 Å². The first kappa shape index (κ1) is 18.5. The van der Waals surface area contributed by atoms with Gasteiger partial charge in [-0.15, -0.1) is 0 Å². The Morgan fingerprint density at radius 2 is 1.82 bits per heavy atom. The van der Waals surface area contributed by atoms with Crippen molar-refractivity contribution in [2.75, 3.05) is 11.9 Å². The molecule has 0 aliphatic carbocycles. The van der Waals surface area contributed by atoms with Gasteiger partial charge in [-0.2, -0.15) is 5.26 Å². The second-order valence-electron chi connectivity index (χ2n) is 5.79. The lowest BCUT2D eigenvalue weighted by Crippen LogP contribution is -2.21. The third-order valence-electron chi connectivity index (χ3n) is 3.93. The highest BCUT2D eigenvalue weighted by Crippen LogP contribution is 2.21. The summed E-state index contributed by atoms with van der Waals surface area (Å²) in [5, 5.41) is 24.1. The first-order chi connectivity index (χ1) is 13.5. The molecule has 8 heteroatoms. The Morgan fingerprint density at radius 1 is 1.07 bits per heavy atom. The van der Waals surface area contributed by atoms with E-state index in [0.29, 0.717) is 5.56 Å². The lowest BCUT2D eigenvalue weighted by Gasteiger charge is -2.08. The molecule has 3 rings (SSSR count). The summed E-state index contributed by atoms with van der Waals surface area (Å²) < 4.78 is 5.00. The second-order valence-corrected chi connectivity index (χ2v) is 5.79. The van der Waals surface area contributed by atoms with Crippen molar-refractivity contribution in [2.45, 2.75) is 0 Å². The number of nitro groups is 1. The molecule has 28 heavy (non-hydrogen) atoms. The number of carbonyl (C=O) groups excluding carboxylic acids is 2. The van der Waals surface area contributed by atoms with Crippen molar-refractivity contribution in [2.24, 2.45) is 0 Å². The van der Waals surface area contributed by atoms with Gasteiger partial charge < -0.3 is 10.1 Å². The van der Waals surface area contributed by atoms with E-state index in [0.717, 1.165) is 22.9 Å². The monoisotopic (exact) mass is 375 g/mol. The minimum atomic E-state index is -0.667. The summed E-state index contributed by atoms with van der Waals surface area (Å²) >= 11 is 0. The second kappa shape index (κ2) is 7.97. The normalized spacial score (nSPS) is 10.1. The van der Waals surface area contributed by atoms with E-state index in [1.54, 1.807) is 24.3 Å². The number of anilines is 1. The number of hydrogen-bond acceptors (Lipinski definition) is 6. The zero-order chi connectivity index (χ0) is 20.1. The third kappa shape index (κ3) is 4.11. The van der Waals surface area contributed by atoms with Gasteiger partial charge in [-0.25, -0.2) is 4.79 Å². The molecule has 0 saturated heterocycles. The van der Waals surface area contributed by atoms with E-state index in [9.17, 15) is 19.7 Å². The molecule has 0 aromatic heterocycles. The van der Waals surface area contributed by atoms with Gasteiger partial charge in [0, 0.05) is 12.1 Å². The molecule has 0 spiro atoms. The molecule has 0 atom stereocenters. The molecular formula is C20H13N3O5. The third-order valence-corrected chi connectivity index (χ3v) is 3.93. The lowest BCUT2D eigenvalue weighted by molar-refractivity contribution is -0.384. The molecule has 8 nitrogen and oxygen atoms in total. The Balaban J connectivity index is 1.64.